The SMILES string of the molecule is CCN(C)c1cc(Cl)ccc1-c1cccc(Cl)c1. The lowest BCUT2D eigenvalue weighted by Crippen LogP contribution is -2.16. The Labute approximate surface area is 118 Å². The lowest BCUT2D eigenvalue weighted by Gasteiger charge is -2.21. The molecule has 0 heterocycles. The van der Waals surface area contributed by atoms with E-state index in [1.54, 1.807) is 0 Å². The molecule has 0 aliphatic heterocycles. The molecule has 0 unspecified atom stereocenters. The molecule has 2 aromatic carbocycles. The molecule has 0 saturated carbocycles. The van der Waals surface area contributed by atoms with Crippen LogP contribution in [0.15, 0.2) is 42.5 Å². The minimum Gasteiger partial charge on any atom is -0.374 e. The third kappa shape index (κ3) is 2.80. The molecule has 0 fully saturated rings. The normalized spacial score (nSPS) is 10.4. The third-order valence-electron chi connectivity index (χ3n) is 2.98. The van der Waals surface area contributed by atoms with Crippen LogP contribution in [0.25, 0.3) is 11.1 Å². The predicted octanol–water partition coefficient (Wildman–Crippen LogP) is 5.12. The number of rotatable bonds is 3. The van der Waals surface area contributed by atoms with Gasteiger partial charge in [0.25, 0.3) is 0 Å². The van der Waals surface area contributed by atoms with Crippen molar-refractivity contribution >= 4 is 28.9 Å². The molecule has 0 aliphatic carbocycles. The first kappa shape index (κ1) is 13.3. The monoisotopic (exact) mass is 279 g/mol. The van der Waals surface area contributed by atoms with Gasteiger partial charge in [-0.05, 0) is 36.8 Å². The molecule has 0 radical (unpaired) electrons. The Hall–Kier alpha value is -1.18. The molecule has 2 rings (SSSR count). The first-order valence-electron chi connectivity index (χ1n) is 5.88. The van der Waals surface area contributed by atoms with Crippen LogP contribution in [0.1, 0.15) is 6.92 Å². The highest BCUT2D eigenvalue weighted by atomic mass is 35.5. The maximum absolute atomic E-state index is 6.08. The summed E-state index contributed by atoms with van der Waals surface area (Å²) in [5.74, 6) is 0. The van der Waals surface area contributed by atoms with E-state index in [1.165, 1.54) is 0 Å². The molecule has 2 aromatic rings. The molecule has 0 saturated heterocycles. The van der Waals surface area contributed by atoms with E-state index in [9.17, 15) is 0 Å². The van der Waals surface area contributed by atoms with Crippen molar-refractivity contribution in [2.24, 2.45) is 0 Å². The van der Waals surface area contributed by atoms with Gasteiger partial charge in [0.2, 0.25) is 0 Å². The summed E-state index contributed by atoms with van der Waals surface area (Å²) >= 11 is 12.1. The van der Waals surface area contributed by atoms with Crippen molar-refractivity contribution in [3.05, 3.63) is 52.5 Å². The quantitative estimate of drug-likeness (QED) is 0.754. The van der Waals surface area contributed by atoms with Gasteiger partial charge in [-0.15, -0.1) is 0 Å². The maximum Gasteiger partial charge on any atom is 0.0458 e. The van der Waals surface area contributed by atoms with Crippen LogP contribution < -0.4 is 4.90 Å². The average Bonchev–Trinajstić information content (AvgIpc) is 2.37. The molecular formula is C15H15Cl2N. The van der Waals surface area contributed by atoms with Crippen LogP contribution in [-0.4, -0.2) is 13.6 Å². The molecule has 94 valence electrons. The molecule has 0 N–H and O–H groups in total. The van der Waals surface area contributed by atoms with Crippen LogP contribution in [0.5, 0.6) is 0 Å². The Morgan fingerprint density at radius 2 is 1.72 bits per heavy atom. The van der Waals surface area contributed by atoms with Gasteiger partial charge in [-0.25, -0.2) is 0 Å². The fraction of sp³-hybridized carbons (Fsp3) is 0.200. The number of hydrogen-bond acceptors (Lipinski definition) is 1. The second-order valence-electron chi connectivity index (χ2n) is 4.19. The van der Waals surface area contributed by atoms with Crippen LogP contribution in [0.4, 0.5) is 5.69 Å². The average molecular weight is 280 g/mol. The molecule has 0 atom stereocenters. The molecule has 0 bridgehead atoms. The Bertz CT molecular complexity index is 552. The van der Waals surface area contributed by atoms with Crippen LogP contribution in [0.3, 0.4) is 0 Å². The Morgan fingerprint density at radius 3 is 2.39 bits per heavy atom. The van der Waals surface area contributed by atoms with Crippen LogP contribution in [-0.2, 0) is 0 Å². The zero-order valence-corrected chi connectivity index (χ0v) is 12.0. The lowest BCUT2D eigenvalue weighted by atomic mass is 10.0. The van der Waals surface area contributed by atoms with Crippen LogP contribution in [0, 0.1) is 0 Å². The Balaban J connectivity index is 2.56. The molecule has 0 aliphatic rings. The fourth-order valence-corrected chi connectivity index (χ4v) is 2.25. The van der Waals surface area contributed by atoms with E-state index in [4.69, 9.17) is 23.2 Å². The van der Waals surface area contributed by atoms with E-state index < -0.39 is 0 Å². The number of benzene rings is 2. The van der Waals surface area contributed by atoms with Gasteiger partial charge in [-0.3, -0.25) is 0 Å². The second-order valence-corrected chi connectivity index (χ2v) is 5.06. The zero-order chi connectivity index (χ0) is 13.1. The van der Waals surface area contributed by atoms with E-state index in [0.29, 0.717) is 0 Å². The summed E-state index contributed by atoms with van der Waals surface area (Å²) < 4.78 is 0. The molecule has 0 amide bonds. The molecule has 0 aromatic heterocycles. The van der Waals surface area contributed by atoms with Gasteiger partial charge in [0, 0.05) is 34.9 Å². The number of halogens is 2. The number of nitrogens with zero attached hydrogens (tertiary/aromatic N) is 1. The first-order valence-corrected chi connectivity index (χ1v) is 6.64. The highest BCUT2D eigenvalue weighted by Gasteiger charge is 2.09. The van der Waals surface area contributed by atoms with Crippen molar-refractivity contribution in [1.82, 2.24) is 0 Å². The van der Waals surface area contributed by atoms with Gasteiger partial charge in [0.1, 0.15) is 0 Å². The zero-order valence-electron chi connectivity index (χ0n) is 10.5. The highest BCUT2D eigenvalue weighted by Crippen LogP contribution is 2.33. The summed E-state index contributed by atoms with van der Waals surface area (Å²) in [6, 6.07) is 13.8. The largest absolute Gasteiger partial charge is 0.374 e. The van der Waals surface area contributed by atoms with Crippen molar-refractivity contribution in [2.45, 2.75) is 6.92 Å². The van der Waals surface area contributed by atoms with Crippen molar-refractivity contribution in [3.8, 4) is 11.1 Å². The first-order chi connectivity index (χ1) is 8.61. The second kappa shape index (κ2) is 5.64. The van der Waals surface area contributed by atoms with Gasteiger partial charge >= 0.3 is 0 Å². The predicted molar refractivity (Wildman–Crippen MR) is 80.8 cm³/mol. The third-order valence-corrected chi connectivity index (χ3v) is 3.45. The molecule has 18 heavy (non-hydrogen) atoms. The smallest absolute Gasteiger partial charge is 0.0458 e. The van der Waals surface area contributed by atoms with E-state index in [-0.39, 0.29) is 0 Å². The molecule has 0 spiro atoms. The Morgan fingerprint density at radius 1 is 1.00 bits per heavy atom. The van der Waals surface area contributed by atoms with E-state index in [0.717, 1.165) is 33.4 Å². The van der Waals surface area contributed by atoms with Crippen molar-refractivity contribution < 1.29 is 0 Å². The lowest BCUT2D eigenvalue weighted by molar-refractivity contribution is 0.969. The Kier molecular flexibility index (Phi) is 4.15. The summed E-state index contributed by atoms with van der Waals surface area (Å²) in [6.07, 6.45) is 0. The van der Waals surface area contributed by atoms with Gasteiger partial charge in [-0.2, -0.15) is 0 Å². The van der Waals surface area contributed by atoms with Gasteiger partial charge in [0.05, 0.1) is 0 Å². The number of anilines is 1. The van der Waals surface area contributed by atoms with Crippen LogP contribution >= 0.6 is 23.2 Å². The van der Waals surface area contributed by atoms with Crippen LogP contribution in [0.2, 0.25) is 10.0 Å². The molecular weight excluding hydrogens is 265 g/mol. The summed E-state index contributed by atoms with van der Waals surface area (Å²) in [6.45, 7) is 3.04. The minimum atomic E-state index is 0.743. The topological polar surface area (TPSA) is 3.24 Å². The van der Waals surface area contributed by atoms with Crippen molar-refractivity contribution in [2.75, 3.05) is 18.5 Å². The summed E-state index contributed by atoms with van der Waals surface area (Å²) in [4.78, 5) is 2.17. The van der Waals surface area contributed by atoms with Gasteiger partial charge in [-0.1, -0.05) is 41.4 Å². The van der Waals surface area contributed by atoms with E-state index in [1.807, 2.05) is 36.4 Å². The molecule has 3 heteroatoms. The fourth-order valence-electron chi connectivity index (χ4n) is 1.89. The number of hydrogen-bond donors (Lipinski definition) is 0. The van der Waals surface area contributed by atoms with E-state index in [2.05, 4.69) is 24.9 Å². The van der Waals surface area contributed by atoms with Crippen molar-refractivity contribution in [3.63, 3.8) is 0 Å². The molecule has 1 nitrogen and oxygen atoms in total. The summed E-state index contributed by atoms with van der Waals surface area (Å²) in [7, 11) is 2.06. The maximum atomic E-state index is 6.08. The van der Waals surface area contributed by atoms with Gasteiger partial charge < -0.3 is 4.90 Å². The van der Waals surface area contributed by atoms with E-state index >= 15 is 0 Å². The standard InChI is InChI=1S/C15H15Cl2N/c1-3-18(2)15-10-13(17)7-8-14(15)11-5-4-6-12(16)9-11/h4-10H,3H2,1-2H3. The highest BCUT2D eigenvalue weighted by molar-refractivity contribution is 6.31. The minimum absolute atomic E-state index is 0.743. The van der Waals surface area contributed by atoms with Gasteiger partial charge in [0.15, 0.2) is 0 Å². The summed E-state index contributed by atoms with van der Waals surface area (Å²) in [5, 5.41) is 1.49. The summed E-state index contributed by atoms with van der Waals surface area (Å²) in [5.41, 5.74) is 3.37. The van der Waals surface area contributed by atoms with Crippen molar-refractivity contribution in [1.29, 1.82) is 0 Å².